The molecule has 196 valence electrons. The van der Waals surface area contributed by atoms with Gasteiger partial charge in [-0.15, -0.1) is 0 Å². The van der Waals surface area contributed by atoms with Crippen LogP contribution in [0.3, 0.4) is 0 Å². The first-order valence-electron chi connectivity index (χ1n) is 11.4. The molecule has 0 aliphatic carbocycles. The maximum absolute atomic E-state index is 12.7. The average molecular weight is 610 g/mol. The first kappa shape index (κ1) is 28.4. The van der Waals surface area contributed by atoms with Gasteiger partial charge in [0, 0.05) is 11.3 Å². The highest BCUT2D eigenvalue weighted by atomic mass is 79.9. The fraction of sp³-hybridized carbons (Fsp3) is 0.280. The number of hydrogen-bond acceptors (Lipinski definition) is 7. The maximum atomic E-state index is 12.7. The van der Waals surface area contributed by atoms with E-state index in [0.29, 0.717) is 55.1 Å². The summed E-state index contributed by atoms with van der Waals surface area (Å²) < 4.78 is 17.2. The molecule has 0 saturated heterocycles. The van der Waals surface area contributed by atoms with E-state index in [1.807, 2.05) is 6.92 Å². The molecular weight excluding hydrogens is 584 g/mol. The van der Waals surface area contributed by atoms with Crippen molar-refractivity contribution in [2.75, 3.05) is 19.8 Å². The summed E-state index contributed by atoms with van der Waals surface area (Å²) in [4.78, 5) is 25.1. The molecular formula is C25H26BrClN4O5S. The summed E-state index contributed by atoms with van der Waals surface area (Å²) in [5.74, 6) is -0.0121. The SMILES string of the molecule is CCOC(=O)C1=C(C)NC(=S)N[C@@H]1c1ccccc1OCC(=O)NN=Cc1cc(Cl)c(OCC)c(Br)c1. The van der Waals surface area contributed by atoms with E-state index < -0.39 is 17.9 Å². The van der Waals surface area contributed by atoms with Gasteiger partial charge in [-0.2, -0.15) is 5.10 Å². The number of ether oxygens (including phenoxy) is 3. The second-order valence-electron chi connectivity index (χ2n) is 7.66. The van der Waals surface area contributed by atoms with Crippen molar-refractivity contribution >= 4 is 63.0 Å². The number of hydrogen-bond donors (Lipinski definition) is 3. The zero-order valence-electron chi connectivity index (χ0n) is 20.4. The van der Waals surface area contributed by atoms with Crippen LogP contribution < -0.4 is 25.5 Å². The van der Waals surface area contributed by atoms with Crippen LogP contribution in [0.2, 0.25) is 5.02 Å². The predicted molar refractivity (Wildman–Crippen MR) is 149 cm³/mol. The first-order chi connectivity index (χ1) is 17.7. The Hall–Kier alpha value is -3.15. The molecule has 2 aromatic carbocycles. The third kappa shape index (κ3) is 7.43. The minimum absolute atomic E-state index is 0.228. The van der Waals surface area contributed by atoms with Crippen molar-refractivity contribution in [3.8, 4) is 11.5 Å². The predicted octanol–water partition coefficient (Wildman–Crippen LogP) is 4.39. The highest BCUT2D eigenvalue weighted by Crippen LogP contribution is 2.35. The smallest absolute Gasteiger partial charge is 0.338 e. The van der Waals surface area contributed by atoms with E-state index in [-0.39, 0.29) is 13.2 Å². The van der Waals surface area contributed by atoms with Crippen LogP contribution >= 0.6 is 39.7 Å². The van der Waals surface area contributed by atoms with Crippen molar-refractivity contribution < 1.29 is 23.8 Å². The Morgan fingerprint density at radius 1 is 1.22 bits per heavy atom. The van der Waals surface area contributed by atoms with Gasteiger partial charge in [-0.25, -0.2) is 10.2 Å². The highest BCUT2D eigenvalue weighted by molar-refractivity contribution is 9.10. The number of benzene rings is 2. The third-order valence-electron chi connectivity index (χ3n) is 5.07. The number of esters is 1. The summed E-state index contributed by atoms with van der Waals surface area (Å²) in [6, 6.07) is 9.89. The number of amides is 1. The second-order valence-corrected chi connectivity index (χ2v) is 9.33. The number of rotatable bonds is 10. The van der Waals surface area contributed by atoms with Gasteiger partial charge in [-0.3, -0.25) is 4.79 Å². The maximum Gasteiger partial charge on any atom is 0.338 e. The summed E-state index contributed by atoms with van der Waals surface area (Å²) in [7, 11) is 0. The molecule has 0 saturated carbocycles. The summed E-state index contributed by atoms with van der Waals surface area (Å²) in [6.07, 6.45) is 1.46. The normalized spacial score (nSPS) is 15.2. The fourth-order valence-corrected chi connectivity index (χ4v) is 4.81. The summed E-state index contributed by atoms with van der Waals surface area (Å²) in [5.41, 5.74) is 4.66. The van der Waals surface area contributed by atoms with E-state index in [1.165, 1.54) is 6.21 Å². The highest BCUT2D eigenvalue weighted by Gasteiger charge is 2.32. The van der Waals surface area contributed by atoms with Crippen molar-refractivity contribution in [3.63, 3.8) is 0 Å². The number of halogens is 2. The van der Waals surface area contributed by atoms with Crippen molar-refractivity contribution in [3.05, 3.63) is 68.3 Å². The third-order valence-corrected chi connectivity index (χ3v) is 6.16. The number of hydrazone groups is 1. The van der Waals surface area contributed by atoms with E-state index in [2.05, 4.69) is 37.1 Å². The largest absolute Gasteiger partial charge is 0.491 e. The Labute approximate surface area is 233 Å². The van der Waals surface area contributed by atoms with Gasteiger partial charge in [-0.1, -0.05) is 29.8 Å². The van der Waals surface area contributed by atoms with Crippen LogP contribution in [0.5, 0.6) is 11.5 Å². The standard InChI is InChI=1S/C25H26BrClN4O5S/c1-4-34-23-17(26)10-15(11-18(23)27)12-28-31-20(32)13-36-19-9-7-6-8-16(19)22-21(24(33)35-5-2)14(3)29-25(37)30-22/h6-12,22H,4-5,13H2,1-3H3,(H,31,32)(H2,29,30,37)/t22-/m1/s1. The molecule has 3 N–H and O–H groups in total. The molecule has 0 aromatic heterocycles. The van der Waals surface area contributed by atoms with Gasteiger partial charge >= 0.3 is 5.97 Å². The fourth-order valence-electron chi connectivity index (χ4n) is 3.55. The van der Waals surface area contributed by atoms with E-state index in [1.54, 1.807) is 50.2 Å². The van der Waals surface area contributed by atoms with Gasteiger partial charge in [-0.05, 0) is 72.7 Å². The molecule has 1 aliphatic rings. The van der Waals surface area contributed by atoms with Crippen molar-refractivity contribution in [2.45, 2.75) is 26.8 Å². The molecule has 0 bridgehead atoms. The van der Waals surface area contributed by atoms with Crippen LogP contribution in [-0.4, -0.2) is 43.0 Å². The molecule has 0 radical (unpaired) electrons. The van der Waals surface area contributed by atoms with Gasteiger partial charge in [0.1, 0.15) is 5.75 Å². The Kier molecular flexibility index (Phi) is 10.3. The zero-order chi connectivity index (χ0) is 26.9. The second kappa shape index (κ2) is 13.4. The molecule has 3 rings (SSSR count). The Bertz CT molecular complexity index is 1230. The Morgan fingerprint density at radius 3 is 2.68 bits per heavy atom. The minimum Gasteiger partial charge on any atom is -0.491 e. The summed E-state index contributed by atoms with van der Waals surface area (Å²) in [5, 5.41) is 10.8. The van der Waals surface area contributed by atoms with Gasteiger partial charge in [0.2, 0.25) is 0 Å². The molecule has 1 aliphatic heterocycles. The van der Waals surface area contributed by atoms with Crippen molar-refractivity contribution in [1.29, 1.82) is 0 Å². The molecule has 9 nitrogen and oxygen atoms in total. The van der Waals surface area contributed by atoms with Gasteiger partial charge < -0.3 is 24.8 Å². The number of carbonyl (C=O) groups excluding carboxylic acids is 2. The van der Waals surface area contributed by atoms with Crippen molar-refractivity contribution in [2.24, 2.45) is 5.10 Å². The molecule has 1 amide bonds. The Morgan fingerprint density at radius 2 is 1.97 bits per heavy atom. The van der Waals surface area contributed by atoms with Crippen LogP contribution in [0.1, 0.15) is 37.9 Å². The average Bonchev–Trinajstić information content (AvgIpc) is 2.85. The summed E-state index contributed by atoms with van der Waals surface area (Å²) >= 11 is 14.9. The lowest BCUT2D eigenvalue weighted by molar-refractivity contribution is -0.139. The molecule has 0 unspecified atom stereocenters. The Balaban J connectivity index is 1.69. The van der Waals surface area contributed by atoms with Gasteiger partial charge in [0.15, 0.2) is 17.5 Å². The molecule has 37 heavy (non-hydrogen) atoms. The number of nitrogens with one attached hydrogen (secondary N) is 3. The number of allylic oxidation sites excluding steroid dienone is 1. The van der Waals surface area contributed by atoms with Crippen LogP contribution in [0.4, 0.5) is 0 Å². The van der Waals surface area contributed by atoms with E-state index >= 15 is 0 Å². The van der Waals surface area contributed by atoms with Gasteiger partial charge in [0.05, 0.1) is 40.5 Å². The lowest BCUT2D eigenvalue weighted by atomic mass is 9.95. The van der Waals surface area contributed by atoms with E-state index in [0.717, 1.165) is 0 Å². The monoisotopic (exact) mass is 608 g/mol. The van der Waals surface area contributed by atoms with Crippen LogP contribution in [0.25, 0.3) is 0 Å². The van der Waals surface area contributed by atoms with E-state index in [4.69, 9.17) is 38.0 Å². The quantitative estimate of drug-likeness (QED) is 0.158. The van der Waals surface area contributed by atoms with E-state index in [9.17, 15) is 9.59 Å². The topological polar surface area (TPSA) is 110 Å². The number of nitrogens with zero attached hydrogens (tertiary/aromatic N) is 1. The van der Waals surface area contributed by atoms with Crippen LogP contribution in [0, 0.1) is 0 Å². The molecule has 0 spiro atoms. The number of thiocarbonyl (C=S) groups is 1. The minimum atomic E-state index is -0.618. The molecule has 12 heteroatoms. The number of carbonyl (C=O) groups is 2. The molecule has 1 atom stereocenters. The lowest BCUT2D eigenvalue weighted by Crippen LogP contribution is -2.45. The molecule has 1 heterocycles. The molecule has 0 fully saturated rings. The van der Waals surface area contributed by atoms with Crippen LogP contribution in [-0.2, 0) is 14.3 Å². The molecule has 2 aromatic rings. The van der Waals surface area contributed by atoms with Crippen LogP contribution in [0.15, 0.2) is 57.2 Å². The zero-order valence-corrected chi connectivity index (χ0v) is 23.6. The first-order valence-corrected chi connectivity index (χ1v) is 12.9. The van der Waals surface area contributed by atoms with Crippen molar-refractivity contribution in [1.82, 2.24) is 16.1 Å². The van der Waals surface area contributed by atoms with Gasteiger partial charge in [0.25, 0.3) is 5.91 Å². The lowest BCUT2D eigenvalue weighted by Gasteiger charge is -2.30. The summed E-state index contributed by atoms with van der Waals surface area (Å²) in [6.45, 7) is 5.74. The number of para-hydroxylation sites is 1.